The molecule has 32 heavy (non-hydrogen) atoms. The van der Waals surface area contributed by atoms with Crippen LogP contribution in [0.3, 0.4) is 0 Å². The number of nitrogens with zero attached hydrogens (tertiary/aromatic N) is 2. The van der Waals surface area contributed by atoms with Crippen LogP contribution in [0.1, 0.15) is 5.69 Å². The molecule has 0 aliphatic carbocycles. The largest absolute Gasteiger partial charge is 0.493 e. The van der Waals surface area contributed by atoms with Crippen molar-refractivity contribution in [2.75, 3.05) is 19.5 Å². The fraction of sp³-hybridized carbons (Fsp3) is 0.136. The first-order chi connectivity index (χ1) is 15.5. The lowest BCUT2D eigenvalue weighted by atomic mass is 10.2. The number of methoxy groups -OCH3 is 2. The Labute approximate surface area is 190 Å². The Morgan fingerprint density at radius 2 is 1.72 bits per heavy atom. The zero-order chi connectivity index (χ0) is 22.7. The lowest BCUT2D eigenvalue weighted by molar-refractivity contribution is -0.115. The summed E-state index contributed by atoms with van der Waals surface area (Å²) in [5, 5.41) is 7.32. The van der Waals surface area contributed by atoms with Gasteiger partial charge in [-0.2, -0.15) is 0 Å². The van der Waals surface area contributed by atoms with Gasteiger partial charge in [0.05, 0.1) is 32.0 Å². The Balaban J connectivity index is 1.42. The van der Waals surface area contributed by atoms with Gasteiger partial charge in [-0.25, -0.2) is 18.7 Å². The monoisotopic (exact) mass is 473 g/mol. The average molecular weight is 474 g/mol. The minimum absolute atomic E-state index is 0.0733. The van der Waals surface area contributed by atoms with E-state index in [0.717, 1.165) is 22.7 Å². The van der Waals surface area contributed by atoms with E-state index in [-0.39, 0.29) is 12.3 Å². The second-order valence-corrected chi connectivity index (χ2v) is 8.32. The highest BCUT2D eigenvalue weighted by Gasteiger charge is 2.14. The molecular formula is C22H17F2N3O3S2. The normalized spacial score (nSPS) is 10.8. The third-order valence-corrected chi connectivity index (χ3v) is 6.19. The molecule has 0 aliphatic heterocycles. The van der Waals surface area contributed by atoms with Crippen LogP contribution in [0.2, 0.25) is 0 Å². The van der Waals surface area contributed by atoms with Crippen LogP contribution in [-0.4, -0.2) is 30.1 Å². The number of carbonyl (C=O) groups is 1. The van der Waals surface area contributed by atoms with Crippen LogP contribution in [0.4, 0.5) is 13.9 Å². The van der Waals surface area contributed by atoms with Gasteiger partial charge in [0, 0.05) is 21.9 Å². The number of rotatable bonds is 7. The summed E-state index contributed by atoms with van der Waals surface area (Å²) in [7, 11) is 3.14. The van der Waals surface area contributed by atoms with Gasteiger partial charge in [-0.05, 0) is 36.4 Å². The van der Waals surface area contributed by atoms with Crippen molar-refractivity contribution in [3.05, 3.63) is 64.5 Å². The molecule has 0 aliphatic rings. The van der Waals surface area contributed by atoms with E-state index in [1.807, 2.05) is 17.5 Å². The van der Waals surface area contributed by atoms with E-state index < -0.39 is 11.6 Å². The maximum Gasteiger partial charge on any atom is 0.232 e. The molecule has 1 amide bonds. The molecule has 0 atom stereocenters. The molecule has 164 valence electrons. The lowest BCUT2D eigenvalue weighted by Crippen LogP contribution is -2.14. The molecule has 0 radical (unpaired) electrons. The molecule has 2 heterocycles. The van der Waals surface area contributed by atoms with Crippen molar-refractivity contribution in [1.29, 1.82) is 0 Å². The zero-order valence-corrected chi connectivity index (χ0v) is 18.7. The van der Waals surface area contributed by atoms with Crippen molar-refractivity contribution in [3.63, 3.8) is 0 Å². The molecule has 0 saturated heterocycles. The van der Waals surface area contributed by atoms with Crippen LogP contribution in [0.25, 0.3) is 21.8 Å². The summed E-state index contributed by atoms with van der Waals surface area (Å²) in [6.45, 7) is 0. The molecule has 6 nitrogen and oxygen atoms in total. The van der Waals surface area contributed by atoms with Gasteiger partial charge in [0.25, 0.3) is 0 Å². The minimum atomic E-state index is -0.949. The summed E-state index contributed by atoms with van der Waals surface area (Å²) in [5.74, 6) is -0.929. The summed E-state index contributed by atoms with van der Waals surface area (Å²) in [6, 6.07) is 9.05. The number of nitrogens with one attached hydrogen (secondary N) is 1. The molecule has 0 unspecified atom stereocenters. The smallest absolute Gasteiger partial charge is 0.232 e. The third kappa shape index (κ3) is 4.76. The summed E-state index contributed by atoms with van der Waals surface area (Å²) < 4.78 is 37.1. The maximum atomic E-state index is 13.4. The van der Waals surface area contributed by atoms with Gasteiger partial charge in [-0.1, -0.05) is 0 Å². The molecular weight excluding hydrogens is 456 g/mol. The zero-order valence-electron chi connectivity index (χ0n) is 17.0. The van der Waals surface area contributed by atoms with Gasteiger partial charge >= 0.3 is 0 Å². The van der Waals surface area contributed by atoms with Crippen LogP contribution in [0.15, 0.2) is 47.2 Å². The standard InChI is InChI=1S/C22H17F2N3O3S2/c1-29-18-6-4-13(8-19(18)30-2)21-25-14(10-31-21)9-20(28)27-22-26-17(11-32-22)12-3-5-15(23)16(24)7-12/h3-8,10-11H,9H2,1-2H3,(H,26,27,28). The molecule has 4 aromatic rings. The summed E-state index contributed by atoms with van der Waals surface area (Å²) in [4.78, 5) is 21.2. The van der Waals surface area contributed by atoms with Crippen molar-refractivity contribution >= 4 is 33.7 Å². The first-order valence-corrected chi connectivity index (χ1v) is 11.1. The van der Waals surface area contributed by atoms with Gasteiger partial charge in [-0.15, -0.1) is 22.7 Å². The highest BCUT2D eigenvalue weighted by atomic mass is 32.1. The van der Waals surface area contributed by atoms with Gasteiger partial charge < -0.3 is 14.8 Å². The van der Waals surface area contributed by atoms with Gasteiger partial charge in [-0.3, -0.25) is 4.79 Å². The highest BCUT2D eigenvalue weighted by Crippen LogP contribution is 2.33. The quantitative estimate of drug-likeness (QED) is 0.389. The number of hydrogen-bond acceptors (Lipinski definition) is 7. The van der Waals surface area contributed by atoms with Crippen molar-refractivity contribution in [2.45, 2.75) is 6.42 Å². The van der Waals surface area contributed by atoms with E-state index in [2.05, 4.69) is 15.3 Å². The average Bonchev–Trinajstić information content (AvgIpc) is 3.45. The fourth-order valence-corrected chi connectivity index (χ4v) is 4.49. The first-order valence-electron chi connectivity index (χ1n) is 9.34. The van der Waals surface area contributed by atoms with Gasteiger partial charge in [0.1, 0.15) is 5.01 Å². The Morgan fingerprint density at radius 3 is 2.47 bits per heavy atom. The number of thiazole rings is 2. The fourth-order valence-electron chi connectivity index (χ4n) is 2.94. The molecule has 2 aromatic heterocycles. The minimum Gasteiger partial charge on any atom is -0.493 e. The molecule has 0 spiro atoms. The Kier molecular flexibility index (Phi) is 6.42. The molecule has 10 heteroatoms. The molecule has 2 aromatic carbocycles. The first kappa shape index (κ1) is 21.8. The van der Waals surface area contributed by atoms with Gasteiger partial charge in [0.2, 0.25) is 5.91 Å². The number of hydrogen-bond donors (Lipinski definition) is 1. The molecule has 0 bridgehead atoms. The summed E-state index contributed by atoms with van der Waals surface area (Å²) in [6.07, 6.45) is 0.0733. The number of aromatic nitrogens is 2. The Hall–Kier alpha value is -3.37. The van der Waals surface area contributed by atoms with E-state index in [9.17, 15) is 13.6 Å². The highest BCUT2D eigenvalue weighted by molar-refractivity contribution is 7.14. The third-order valence-electron chi connectivity index (χ3n) is 4.49. The summed E-state index contributed by atoms with van der Waals surface area (Å²) >= 11 is 2.62. The number of halogens is 2. The predicted octanol–water partition coefficient (Wildman–Crippen LogP) is 5.41. The van der Waals surface area contributed by atoms with Crippen LogP contribution in [-0.2, 0) is 11.2 Å². The number of carbonyl (C=O) groups excluding carboxylic acids is 1. The van der Waals surface area contributed by atoms with Crippen LogP contribution >= 0.6 is 22.7 Å². The van der Waals surface area contributed by atoms with Crippen LogP contribution in [0.5, 0.6) is 11.5 Å². The summed E-state index contributed by atoms with van der Waals surface area (Å²) in [5.41, 5.74) is 2.36. The van der Waals surface area contributed by atoms with Crippen molar-refractivity contribution in [3.8, 4) is 33.3 Å². The number of ether oxygens (including phenoxy) is 2. The Morgan fingerprint density at radius 1 is 0.938 bits per heavy atom. The van der Waals surface area contributed by atoms with Crippen LogP contribution < -0.4 is 14.8 Å². The molecule has 1 N–H and O–H groups in total. The molecule has 4 rings (SSSR count). The lowest BCUT2D eigenvalue weighted by Gasteiger charge is -2.08. The van der Waals surface area contributed by atoms with Gasteiger partial charge in [0.15, 0.2) is 28.3 Å². The van der Waals surface area contributed by atoms with E-state index in [1.165, 1.54) is 28.7 Å². The van der Waals surface area contributed by atoms with E-state index in [0.29, 0.717) is 33.6 Å². The van der Waals surface area contributed by atoms with E-state index in [1.54, 1.807) is 25.7 Å². The van der Waals surface area contributed by atoms with E-state index >= 15 is 0 Å². The number of anilines is 1. The van der Waals surface area contributed by atoms with Crippen molar-refractivity contribution in [2.24, 2.45) is 0 Å². The SMILES string of the molecule is COc1ccc(-c2nc(CC(=O)Nc3nc(-c4ccc(F)c(F)c4)cs3)cs2)cc1OC. The van der Waals surface area contributed by atoms with Crippen molar-refractivity contribution in [1.82, 2.24) is 9.97 Å². The molecule has 0 saturated carbocycles. The molecule has 0 fully saturated rings. The topological polar surface area (TPSA) is 73.3 Å². The number of amides is 1. The second kappa shape index (κ2) is 9.41. The van der Waals surface area contributed by atoms with Crippen LogP contribution in [0, 0.1) is 11.6 Å². The maximum absolute atomic E-state index is 13.4. The van der Waals surface area contributed by atoms with E-state index in [4.69, 9.17) is 9.47 Å². The Bertz CT molecular complexity index is 1270. The predicted molar refractivity (Wildman–Crippen MR) is 120 cm³/mol. The number of benzene rings is 2. The second-order valence-electron chi connectivity index (χ2n) is 6.61. The van der Waals surface area contributed by atoms with Crippen molar-refractivity contribution < 1.29 is 23.0 Å².